The minimum atomic E-state index is 0.895. The zero-order valence-corrected chi connectivity index (χ0v) is 29.6. The van der Waals surface area contributed by atoms with Crippen LogP contribution < -0.4 is 4.90 Å². The van der Waals surface area contributed by atoms with Gasteiger partial charge >= 0.3 is 0 Å². The number of hydrogen-bond acceptors (Lipinski definition) is 2. The van der Waals surface area contributed by atoms with E-state index in [4.69, 9.17) is 4.42 Å². The topological polar surface area (TPSA) is 16.4 Å². The van der Waals surface area contributed by atoms with Gasteiger partial charge < -0.3 is 9.32 Å². The Kier molecular flexibility index (Phi) is 7.85. The number of hydrogen-bond donors (Lipinski definition) is 0. The van der Waals surface area contributed by atoms with Crippen LogP contribution in [0.1, 0.15) is 0 Å². The maximum atomic E-state index is 6.56. The van der Waals surface area contributed by atoms with Gasteiger partial charge in [0.2, 0.25) is 0 Å². The molecule has 0 unspecified atom stereocenters. The van der Waals surface area contributed by atoms with E-state index in [9.17, 15) is 0 Å². The number of furan rings is 1. The van der Waals surface area contributed by atoms with E-state index in [1.807, 2.05) is 12.1 Å². The first-order valence-electron chi connectivity index (χ1n) is 18.4. The molecule has 0 fully saturated rings. The van der Waals surface area contributed by atoms with Crippen molar-refractivity contribution in [3.63, 3.8) is 0 Å². The van der Waals surface area contributed by atoms with Gasteiger partial charge in [-0.15, -0.1) is 0 Å². The third kappa shape index (κ3) is 5.71. The molecule has 0 atom stereocenters. The Morgan fingerprint density at radius 3 is 1.63 bits per heavy atom. The van der Waals surface area contributed by atoms with Crippen molar-refractivity contribution in [3.05, 3.63) is 212 Å². The second-order valence-electron chi connectivity index (χ2n) is 13.7. The van der Waals surface area contributed by atoms with Crippen molar-refractivity contribution in [1.29, 1.82) is 0 Å². The minimum absolute atomic E-state index is 0.895. The fourth-order valence-corrected chi connectivity index (χ4v) is 7.77. The molecule has 10 aromatic rings. The second kappa shape index (κ2) is 13.4. The van der Waals surface area contributed by atoms with Crippen LogP contribution in [0.25, 0.3) is 77.2 Å². The molecule has 1 heterocycles. The third-order valence-corrected chi connectivity index (χ3v) is 10.5. The van der Waals surface area contributed by atoms with Crippen LogP contribution in [0.4, 0.5) is 17.1 Å². The first-order valence-corrected chi connectivity index (χ1v) is 18.4. The van der Waals surface area contributed by atoms with E-state index in [0.29, 0.717) is 0 Å². The summed E-state index contributed by atoms with van der Waals surface area (Å²) < 4.78 is 6.56. The molecule has 2 nitrogen and oxygen atoms in total. The second-order valence-corrected chi connectivity index (χ2v) is 13.7. The van der Waals surface area contributed by atoms with Crippen molar-refractivity contribution in [3.8, 4) is 44.5 Å². The van der Waals surface area contributed by atoms with Gasteiger partial charge in [-0.3, -0.25) is 0 Å². The van der Waals surface area contributed by atoms with Crippen molar-refractivity contribution in [2.24, 2.45) is 0 Å². The van der Waals surface area contributed by atoms with Crippen molar-refractivity contribution >= 4 is 49.8 Å². The average Bonchev–Trinajstić information content (AvgIpc) is 3.64. The number of para-hydroxylation sites is 3. The van der Waals surface area contributed by atoms with Gasteiger partial charge in [0.25, 0.3) is 0 Å². The zero-order valence-electron chi connectivity index (χ0n) is 29.6. The normalized spacial score (nSPS) is 11.3. The molecule has 1 aromatic heterocycles. The van der Waals surface area contributed by atoms with Gasteiger partial charge in [0.05, 0.1) is 5.69 Å². The molecule has 2 heteroatoms. The van der Waals surface area contributed by atoms with Crippen LogP contribution in [-0.2, 0) is 0 Å². The Morgan fingerprint density at radius 1 is 0.315 bits per heavy atom. The lowest BCUT2D eigenvalue weighted by Crippen LogP contribution is -2.11. The van der Waals surface area contributed by atoms with E-state index in [2.05, 4.69) is 205 Å². The summed E-state index contributed by atoms with van der Waals surface area (Å²) in [6.07, 6.45) is 0. The summed E-state index contributed by atoms with van der Waals surface area (Å²) in [5, 5.41) is 4.74. The quantitative estimate of drug-likeness (QED) is 0.166. The predicted molar refractivity (Wildman–Crippen MR) is 228 cm³/mol. The molecular weight excluding hydrogens is 655 g/mol. The summed E-state index contributed by atoms with van der Waals surface area (Å²) in [4.78, 5) is 2.36. The SMILES string of the molecule is c1ccc(-c2ccc(N(c3ccc(-c4cccc(-c5ccc6ccccc6c5)c4)cc3)c3ccccc3-c3cccc4c3oc3ccccc34)cc2)cc1. The Balaban J connectivity index is 1.08. The Hall–Kier alpha value is -7.16. The molecule has 0 radical (unpaired) electrons. The summed E-state index contributed by atoms with van der Waals surface area (Å²) in [5.74, 6) is 0. The molecular formula is C52H35NO. The van der Waals surface area contributed by atoms with E-state index in [1.54, 1.807) is 0 Å². The average molecular weight is 690 g/mol. The summed E-state index contributed by atoms with van der Waals surface area (Å²) in [5.41, 5.74) is 14.3. The number of anilines is 3. The Bertz CT molecular complexity index is 2920. The van der Waals surface area contributed by atoms with Crippen molar-refractivity contribution in [2.75, 3.05) is 4.90 Å². The third-order valence-electron chi connectivity index (χ3n) is 10.5. The maximum absolute atomic E-state index is 6.56. The van der Waals surface area contributed by atoms with Gasteiger partial charge in [-0.25, -0.2) is 0 Å². The maximum Gasteiger partial charge on any atom is 0.143 e. The van der Waals surface area contributed by atoms with Gasteiger partial charge in [-0.1, -0.05) is 164 Å². The fourth-order valence-electron chi connectivity index (χ4n) is 7.77. The molecule has 10 rings (SSSR count). The van der Waals surface area contributed by atoms with Crippen LogP contribution >= 0.6 is 0 Å². The van der Waals surface area contributed by atoms with Crippen LogP contribution in [0.15, 0.2) is 217 Å². The molecule has 0 spiro atoms. The molecule has 0 aliphatic carbocycles. The number of benzene rings is 9. The monoisotopic (exact) mass is 689 g/mol. The van der Waals surface area contributed by atoms with Crippen LogP contribution in [-0.4, -0.2) is 0 Å². The zero-order chi connectivity index (χ0) is 35.8. The first kappa shape index (κ1) is 31.6. The highest BCUT2D eigenvalue weighted by atomic mass is 16.3. The number of fused-ring (bicyclic) bond motifs is 4. The number of nitrogens with zero attached hydrogens (tertiary/aromatic N) is 1. The molecule has 0 aliphatic rings. The van der Waals surface area contributed by atoms with E-state index >= 15 is 0 Å². The van der Waals surface area contributed by atoms with Gasteiger partial charge in [-0.05, 0) is 92.7 Å². The molecule has 0 N–H and O–H groups in total. The standard InChI is InChI=1S/C52H35NO/c1-2-12-36(13-3-1)38-26-30-44(31-27-38)53(50-22-8-6-18-46(50)48-20-11-21-49-47-19-7-9-23-51(47)54-52(48)49)45-32-28-39(29-33-45)41-16-10-17-42(34-41)43-25-24-37-14-4-5-15-40(37)35-43/h1-35H. The highest BCUT2D eigenvalue weighted by Gasteiger charge is 2.20. The van der Waals surface area contributed by atoms with Crippen LogP contribution in [0.2, 0.25) is 0 Å². The molecule has 0 amide bonds. The summed E-state index contributed by atoms with van der Waals surface area (Å²) in [7, 11) is 0. The molecule has 0 saturated carbocycles. The van der Waals surface area contributed by atoms with Gasteiger partial charge in [-0.2, -0.15) is 0 Å². The summed E-state index contributed by atoms with van der Waals surface area (Å²) in [6, 6.07) is 75.9. The molecule has 0 saturated heterocycles. The van der Waals surface area contributed by atoms with Gasteiger partial charge in [0.1, 0.15) is 11.2 Å². The van der Waals surface area contributed by atoms with E-state index in [0.717, 1.165) is 50.1 Å². The predicted octanol–water partition coefficient (Wildman–Crippen LogP) is 14.9. The molecule has 254 valence electrons. The lowest BCUT2D eigenvalue weighted by Gasteiger charge is -2.28. The molecule has 9 aromatic carbocycles. The number of rotatable bonds is 7. The lowest BCUT2D eigenvalue weighted by atomic mass is 9.97. The Morgan fingerprint density at radius 2 is 0.833 bits per heavy atom. The van der Waals surface area contributed by atoms with Crippen molar-refractivity contribution < 1.29 is 4.42 Å². The molecule has 54 heavy (non-hydrogen) atoms. The largest absolute Gasteiger partial charge is 0.455 e. The molecule has 0 bridgehead atoms. The van der Waals surface area contributed by atoms with Crippen LogP contribution in [0.3, 0.4) is 0 Å². The van der Waals surface area contributed by atoms with Gasteiger partial charge in [0.15, 0.2) is 0 Å². The first-order chi connectivity index (χ1) is 26.8. The molecule has 0 aliphatic heterocycles. The highest BCUT2D eigenvalue weighted by Crippen LogP contribution is 2.45. The van der Waals surface area contributed by atoms with Crippen molar-refractivity contribution in [1.82, 2.24) is 0 Å². The lowest BCUT2D eigenvalue weighted by molar-refractivity contribution is 0.670. The van der Waals surface area contributed by atoms with Crippen LogP contribution in [0, 0.1) is 0 Å². The van der Waals surface area contributed by atoms with Gasteiger partial charge in [0, 0.05) is 33.3 Å². The van der Waals surface area contributed by atoms with E-state index in [-0.39, 0.29) is 0 Å². The van der Waals surface area contributed by atoms with E-state index in [1.165, 1.54) is 44.2 Å². The van der Waals surface area contributed by atoms with Crippen LogP contribution in [0.5, 0.6) is 0 Å². The highest BCUT2D eigenvalue weighted by molar-refractivity contribution is 6.10. The smallest absolute Gasteiger partial charge is 0.143 e. The van der Waals surface area contributed by atoms with E-state index < -0.39 is 0 Å². The summed E-state index contributed by atoms with van der Waals surface area (Å²) >= 11 is 0. The fraction of sp³-hybridized carbons (Fsp3) is 0. The summed E-state index contributed by atoms with van der Waals surface area (Å²) in [6.45, 7) is 0. The Labute approximate surface area is 314 Å². The van der Waals surface area contributed by atoms with Crippen molar-refractivity contribution in [2.45, 2.75) is 0 Å². The minimum Gasteiger partial charge on any atom is -0.455 e.